The van der Waals surface area contributed by atoms with Gasteiger partial charge in [0.1, 0.15) is 0 Å². The smallest absolute Gasteiger partial charge is 0.319 e. The highest BCUT2D eigenvalue weighted by Gasteiger charge is 2.04. The van der Waals surface area contributed by atoms with Gasteiger partial charge in [-0.3, -0.25) is 0 Å². The van der Waals surface area contributed by atoms with Crippen molar-refractivity contribution in [3.05, 3.63) is 28.2 Å². The molecule has 19 heavy (non-hydrogen) atoms. The summed E-state index contributed by atoms with van der Waals surface area (Å²) in [5.41, 5.74) is 1.84. The second kappa shape index (κ2) is 8.17. The minimum Gasteiger partial charge on any atom is -0.379 e. The van der Waals surface area contributed by atoms with Crippen molar-refractivity contribution in [1.82, 2.24) is 5.32 Å². The van der Waals surface area contributed by atoms with Crippen LogP contribution < -0.4 is 10.6 Å². The minimum absolute atomic E-state index is 0.185. The number of anilines is 1. The molecular weight excluding hydrogens is 308 g/mol. The maximum atomic E-state index is 11.7. The van der Waals surface area contributed by atoms with E-state index in [1.54, 1.807) is 0 Å². The standard InChI is InChI=1S/C14H21BrN2O2/c1-10(2)19-8-4-7-16-14(18)17-13-6-5-12(15)9-11(13)3/h5-6,9-10H,4,7-8H2,1-3H3,(H2,16,17,18). The van der Waals surface area contributed by atoms with Crippen molar-refractivity contribution < 1.29 is 9.53 Å². The third-order valence-corrected chi connectivity index (χ3v) is 2.99. The molecule has 0 radical (unpaired) electrons. The fraction of sp³-hybridized carbons (Fsp3) is 0.500. The summed E-state index contributed by atoms with van der Waals surface area (Å²) in [6.45, 7) is 7.22. The van der Waals surface area contributed by atoms with Crippen molar-refractivity contribution in [3.63, 3.8) is 0 Å². The van der Waals surface area contributed by atoms with Crippen LogP contribution >= 0.6 is 15.9 Å². The topological polar surface area (TPSA) is 50.4 Å². The zero-order valence-corrected chi connectivity index (χ0v) is 13.2. The Morgan fingerprint density at radius 1 is 1.42 bits per heavy atom. The van der Waals surface area contributed by atoms with Crippen LogP contribution in [0.4, 0.5) is 10.5 Å². The molecule has 106 valence electrons. The van der Waals surface area contributed by atoms with E-state index >= 15 is 0 Å². The lowest BCUT2D eigenvalue weighted by Gasteiger charge is -2.11. The molecule has 0 saturated carbocycles. The van der Waals surface area contributed by atoms with Crippen molar-refractivity contribution in [2.24, 2.45) is 0 Å². The lowest BCUT2D eigenvalue weighted by molar-refractivity contribution is 0.0775. The van der Waals surface area contributed by atoms with Gasteiger partial charge in [-0.25, -0.2) is 4.79 Å². The van der Waals surface area contributed by atoms with Crippen LogP contribution in [0, 0.1) is 6.92 Å². The Bertz CT molecular complexity index is 422. The molecule has 0 fully saturated rings. The Hall–Kier alpha value is -1.07. The van der Waals surface area contributed by atoms with Crippen LogP contribution in [-0.2, 0) is 4.74 Å². The van der Waals surface area contributed by atoms with Crippen molar-refractivity contribution in [3.8, 4) is 0 Å². The van der Waals surface area contributed by atoms with E-state index in [4.69, 9.17) is 4.74 Å². The van der Waals surface area contributed by atoms with Gasteiger partial charge in [0.25, 0.3) is 0 Å². The normalized spacial score (nSPS) is 10.6. The Labute approximate surface area is 123 Å². The molecule has 0 aliphatic carbocycles. The predicted octanol–water partition coefficient (Wildman–Crippen LogP) is 3.69. The van der Waals surface area contributed by atoms with E-state index in [1.807, 2.05) is 39.0 Å². The molecule has 0 unspecified atom stereocenters. The predicted molar refractivity (Wildman–Crippen MR) is 81.6 cm³/mol. The molecule has 0 aliphatic rings. The second-order valence-corrected chi connectivity index (χ2v) is 5.53. The molecular formula is C14H21BrN2O2. The maximum Gasteiger partial charge on any atom is 0.319 e. The molecule has 0 aromatic heterocycles. The first kappa shape index (κ1) is 16.0. The average molecular weight is 329 g/mol. The van der Waals surface area contributed by atoms with Crippen LogP contribution in [0.25, 0.3) is 0 Å². The first-order valence-electron chi connectivity index (χ1n) is 6.41. The largest absolute Gasteiger partial charge is 0.379 e. The number of aryl methyl sites for hydroxylation is 1. The molecule has 0 aliphatic heterocycles. The highest BCUT2D eigenvalue weighted by atomic mass is 79.9. The van der Waals surface area contributed by atoms with Gasteiger partial charge >= 0.3 is 6.03 Å². The molecule has 0 spiro atoms. The van der Waals surface area contributed by atoms with Crippen molar-refractivity contribution in [2.75, 3.05) is 18.5 Å². The fourth-order valence-electron chi connectivity index (χ4n) is 1.53. The quantitative estimate of drug-likeness (QED) is 0.782. The average Bonchev–Trinajstić information content (AvgIpc) is 2.32. The summed E-state index contributed by atoms with van der Waals surface area (Å²) in [5.74, 6) is 0. The van der Waals surface area contributed by atoms with Crippen molar-refractivity contribution in [1.29, 1.82) is 0 Å². The molecule has 0 heterocycles. The lowest BCUT2D eigenvalue weighted by Crippen LogP contribution is -2.30. The number of halogens is 1. The SMILES string of the molecule is Cc1cc(Br)ccc1NC(=O)NCCCOC(C)C. The van der Waals surface area contributed by atoms with Gasteiger partial charge in [-0.2, -0.15) is 0 Å². The summed E-state index contributed by atoms with van der Waals surface area (Å²) in [4.78, 5) is 11.7. The Kier molecular flexibility index (Phi) is 6.87. The van der Waals surface area contributed by atoms with Crippen molar-refractivity contribution in [2.45, 2.75) is 33.3 Å². The van der Waals surface area contributed by atoms with Crippen LogP contribution in [-0.4, -0.2) is 25.3 Å². The first-order chi connectivity index (χ1) is 8.99. The van der Waals surface area contributed by atoms with Gasteiger partial charge in [0.05, 0.1) is 6.10 Å². The maximum absolute atomic E-state index is 11.7. The monoisotopic (exact) mass is 328 g/mol. The van der Waals surface area contributed by atoms with Crippen LogP contribution in [0.2, 0.25) is 0 Å². The number of hydrogen-bond donors (Lipinski definition) is 2. The number of urea groups is 1. The molecule has 1 rings (SSSR count). The number of amides is 2. The third kappa shape index (κ3) is 6.59. The zero-order chi connectivity index (χ0) is 14.3. The summed E-state index contributed by atoms with van der Waals surface area (Å²) in [5, 5.41) is 5.63. The number of ether oxygens (including phenoxy) is 1. The lowest BCUT2D eigenvalue weighted by atomic mass is 10.2. The molecule has 1 aromatic rings. The molecule has 5 heteroatoms. The van der Waals surface area contributed by atoms with Crippen LogP contribution in [0.1, 0.15) is 25.8 Å². The molecule has 4 nitrogen and oxygen atoms in total. The number of carbonyl (C=O) groups is 1. The molecule has 2 N–H and O–H groups in total. The summed E-state index contributed by atoms with van der Waals surface area (Å²) >= 11 is 3.39. The van der Waals surface area contributed by atoms with E-state index in [2.05, 4.69) is 26.6 Å². The fourth-order valence-corrected chi connectivity index (χ4v) is 2.00. The molecule has 0 bridgehead atoms. The molecule has 2 amide bonds. The minimum atomic E-state index is -0.185. The van der Waals surface area contributed by atoms with Gasteiger partial charge in [0.15, 0.2) is 0 Å². The van der Waals surface area contributed by atoms with Gasteiger partial charge in [0.2, 0.25) is 0 Å². The Balaban J connectivity index is 2.27. The number of nitrogens with one attached hydrogen (secondary N) is 2. The Morgan fingerprint density at radius 3 is 2.79 bits per heavy atom. The third-order valence-electron chi connectivity index (χ3n) is 2.49. The van der Waals surface area contributed by atoms with Gasteiger partial charge < -0.3 is 15.4 Å². The number of rotatable bonds is 6. The van der Waals surface area contributed by atoms with E-state index in [-0.39, 0.29) is 12.1 Å². The van der Waals surface area contributed by atoms with Gasteiger partial charge in [-0.15, -0.1) is 0 Å². The number of carbonyl (C=O) groups excluding carboxylic acids is 1. The van der Waals surface area contributed by atoms with Gasteiger partial charge in [-0.1, -0.05) is 15.9 Å². The van der Waals surface area contributed by atoms with E-state index in [0.717, 1.165) is 22.1 Å². The molecule has 0 atom stereocenters. The summed E-state index contributed by atoms with van der Waals surface area (Å²) < 4.78 is 6.40. The first-order valence-corrected chi connectivity index (χ1v) is 7.21. The molecule has 0 saturated heterocycles. The van der Waals surface area contributed by atoms with Gasteiger partial charge in [-0.05, 0) is 51.0 Å². The van der Waals surface area contributed by atoms with E-state index < -0.39 is 0 Å². The second-order valence-electron chi connectivity index (χ2n) is 4.61. The van der Waals surface area contributed by atoms with E-state index in [1.165, 1.54) is 0 Å². The van der Waals surface area contributed by atoms with E-state index in [0.29, 0.717) is 13.2 Å². The van der Waals surface area contributed by atoms with Gasteiger partial charge in [0, 0.05) is 23.3 Å². The summed E-state index contributed by atoms with van der Waals surface area (Å²) in [7, 11) is 0. The number of hydrogen-bond acceptors (Lipinski definition) is 2. The number of benzene rings is 1. The Morgan fingerprint density at radius 2 is 2.16 bits per heavy atom. The summed E-state index contributed by atoms with van der Waals surface area (Å²) in [6.07, 6.45) is 1.05. The van der Waals surface area contributed by atoms with Crippen LogP contribution in [0.15, 0.2) is 22.7 Å². The zero-order valence-electron chi connectivity index (χ0n) is 11.6. The van der Waals surface area contributed by atoms with Crippen LogP contribution in [0.3, 0.4) is 0 Å². The van der Waals surface area contributed by atoms with Crippen molar-refractivity contribution >= 4 is 27.6 Å². The highest BCUT2D eigenvalue weighted by Crippen LogP contribution is 2.19. The molecule has 1 aromatic carbocycles. The highest BCUT2D eigenvalue weighted by molar-refractivity contribution is 9.10. The summed E-state index contributed by atoms with van der Waals surface area (Å²) in [6, 6.07) is 5.56. The van der Waals surface area contributed by atoms with E-state index in [9.17, 15) is 4.79 Å². The van der Waals surface area contributed by atoms with Crippen LogP contribution in [0.5, 0.6) is 0 Å².